The highest BCUT2D eigenvalue weighted by Crippen LogP contribution is 2.45. The van der Waals surface area contributed by atoms with Crippen LogP contribution in [0.25, 0.3) is 11.1 Å². The number of aliphatic hydroxyl groups is 1. The van der Waals surface area contributed by atoms with Crippen LogP contribution in [0.3, 0.4) is 0 Å². The van der Waals surface area contributed by atoms with Crippen LogP contribution in [0.15, 0.2) is 36.4 Å². The number of fused-ring (bicyclic) bond motifs is 2. The van der Waals surface area contributed by atoms with E-state index in [4.69, 9.17) is 21.7 Å². The maximum absolute atomic E-state index is 13.8. The fourth-order valence-corrected chi connectivity index (χ4v) is 9.58. The SMILES string of the molecule is Cc1c(NC(=O)c2nc3c(n2C)CCN(CCC2(CCCC(=O)O)CCCC2)C3)cccc1-c1cccc(NC(=O)c2nc3c(n2C)CCN(C[C@H](C)O)C3)c1Cl. The van der Waals surface area contributed by atoms with Gasteiger partial charge in [-0.05, 0) is 81.2 Å². The van der Waals surface area contributed by atoms with E-state index < -0.39 is 12.1 Å². The summed E-state index contributed by atoms with van der Waals surface area (Å²) >= 11 is 7.00. The summed E-state index contributed by atoms with van der Waals surface area (Å²) in [7, 11) is 3.75. The monoisotopic (exact) mass is 798 g/mol. The van der Waals surface area contributed by atoms with Crippen LogP contribution in [0.4, 0.5) is 11.4 Å². The Kier molecular flexibility index (Phi) is 12.2. The molecule has 2 aromatic carbocycles. The van der Waals surface area contributed by atoms with Crippen molar-refractivity contribution in [2.24, 2.45) is 19.5 Å². The topological polar surface area (TPSA) is 158 Å². The minimum Gasteiger partial charge on any atom is -0.481 e. The highest BCUT2D eigenvalue weighted by Gasteiger charge is 2.35. The van der Waals surface area contributed by atoms with Crippen molar-refractivity contribution in [3.63, 3.8) is 0 Å². The van der Waals surface area contributed by atoms with Crippen LogP contribution in [0.5, 0.6) is 0 Å². The number of imidazole rings is 2. The second-order valence-corrected chi connectivity index (χ2v) is 16.8. The Morgan fingerprint density at radius 1 is 0.842 bits per heavy atom. The molecule has 0 radical (unpaired) electrons. The van der Waals surface area contributed by atoms with Crippen molar-refractivity contribution < 1.29 is 24.6 Å². The van der Waals surface area contributed by atoms with Crippen molar-refractivity contribution in [1.82, 2.24) is 28.9 Å². The number of carbonyl (C=O) groups is 3. The molecule has 4 aromatic rings. The lowest BCUT2D eigenvalue weighted by atomic mass is 9.78. The molecule has 4 heterocycles. The molecule has 4 N–H and O–H groups in total. The summed E-state index contributed by atoms with van der Waals surface area (Å²) in [4.78, 5) is 52.7. The average Bonchev–Trinajstić information content (AvgIpc) is 3.87. The van der Waals surface area contributed by atoms with Gasteiger partial charge in [-0.3, -0.25) is 24.2 Å². The maximum atomic E-state index is 13.8. The lowest BCUT2D eigenvalue weighted by Gasteiger charge is -2.33. The lowest BCUT2D eigenvalue weighted by Crippen LogP contribution is -2.36. The van der Waals surface area contributed by atoms with Crippen LogP contribution in [-0.4, -0.2) is 89.2 Å². The predicted molar refractivity (Wildman–Crippen MR) is 221 cm³/mol. The number of hydrogen-bond acceptors (Lipinski definition) is 8. The van der Waals surface area contributed by atoms with Gasteiger partial charge in [0, 0.05) is 88.7 Å². The van der Waals surface area contributed by atoms with E-state index in [1.807, 2.05) is 60.5 Å². The number of amides is 2. The average molecular weight is 799 g/mol. The summed E-state index contributed by atoms with van der Waals surface area (Å²) < 4.78 is 3.76. The normalized spacial score (nSPS) is 17.2. The van der Waals surface area contributed by atoms with Crippen molar-refractivity contribution in [1.29, 1.82) is 0 Å². The van der Waals surface area contributed by atoms with Gasteiger partial charge in [0.25, 0.3) is 11.8 Å². The fourth-order valence-electron chi connectivity index (χ4n) is 9.31. The molecule has 13 nitrogen and oxygen atoms in total. The first kappa shape index (κ1) is 40.6. The smallest absolute Gasteiger partial charge is 0.303 e. The van der Waals surface area contributed by atoms with E-state index in [0.717, 1.165) is 85.6 Å². The number of carbonyl (C=O) groups excluding carboxylic acids is 2. The molecule has 304 valence electrons. The van der Waals surface area contributed by atoms with Gasteiger partial charge in [0.15, 0.2) is 11.6 Å². The fraction of sp³-hybridized carbons (Fsp3) is 0.512. The quantitative estimate of drug-likeness (QED) is 0.111. The third kappa shape index (κ3) is 8.81. The number of carboxylic acid groups (broad SMARTS) is 1. The Labute approximate surface area is 339 Å². The van der Waals surface area contributed by atoms with Gasteiger partial charge in [-0.1, -0.05) is 48.7 Å². The summed E-state index contributed by atoms with van der Waals surface area (Å²) in [6.45, 7) is 8.14. The first-order valence-corrected chi connectivity index (χ1v) is 20.6. The van der Waals surface area contributed by atoms with Crippen LogP contribution in [0.1, 0.15) is 108 Å². The number of aromatic nitrogens is 4. The number of benzene rings is 2. The van der Waals surface area contributed by atoms with Crippen LogP contribution >= 0.6 is 11.6 Å². The van der Waals surface area contributed by atoms with E-state index >= 15 is 0 Å². The highest BCUT2D eigenvalue weighted by atomic mass is 35.5. The van der Waals surface area contributed by atoms with Crippen molar-refractivity contribution >= 4 is 40.8 Å². The van der Waals surface area contributed by atoms with E-state index in [1.165, 1.54) is 25.7 Å². The number of anilines is 2. The third-order valence-corrected chi connectivity index (χ3v) is 12.8. The number of nitrogens with one attached hydrogen (secondary N) is 2. The molecule has 14 heteroatoms. The number of β-amino-alcohol motifs (C(OH)–C–C–N with tert-alkyl or cyclic N) is 1. The van der Waals surface area contributed by atoms with Gasteiger partial charge in [0.1, 0.15) is 0 Å². The van der Waals surface area contributed by atoms with E-state index in [9.17, 15) is 19.5 Å². The molecule has 2 aliphatic heterocycles. The largest absolute Gasteiger partial charge is 0.481 e. The van der Waals surface area contributed by atoms with E-state index in [2.05, 4.69) is 25.4 Å². The van der Waals surface area contributed by atoms with E-state index in [-0.39, 0.29) is 23.7 Å². The van der Waals surface area contributed by atoms with Gasteiger partial charge in [-0.15, -0.1) is 0 Å². The number of halogens is 1. The third-order valence-electron chi connectivity index (χ3n) is 12.4. The molecule has 1 atom stereocenters. The Hall–Kier alpha value is -4.56. The molecule has 0 saturated heterocycles. The van der Waals surface area contributed by atoms with Crippen LogP contribution in [0, 0.1) is 12.3 Å². The molecule has 7 rings (SSSR count). The minimum absolute atomic E-state index is 0.236. The van der Waals surface area contributed by atoms with E-state index in [1.54, 1.807) is 13.0 Å². The second-order valence-electron chi connectivity index (χ2n) is 16.4. The number of rotatable bonds is 14. The first-order valence-electron chi connectivity index (χ1n) is 20.3. The van der Waals surface area contributed by atoms with Gasteiger partial charge in [0.05, 0.1) is 28.2 Å². The van der Waals surface area contributed by atoms with Gasteiger partial charge in [0.2, 0.25) is 0 Å². The number of hydrogen-bond donors (Lipinski definition) is 4. The summed E-state index contributed by atoms with van der Waals surface area (Å²) in [6.07, 6.45) is 8.90. The second kappa shape index (κ2) is 17.1. The Morgan fingerprint density at radius 3 is 2.02 bits per heavy atom. The van der Waals surface area contributed by atoms with E-state index in [0.29, 0.717) is 53.2 Å². The zero-order valence-corrected chi connectivity index (χ0v) is 34.3. The number of aliphatic carboxylic acids is 1. The number of nitrogens with zero attached hydrogens (tertiary/aromatic N) is 6. The molecule has 1 aliphatic carbocycles. The summed E-state index contributed by atoms with van der Waals surface area (Å²) in [5, 5.41) is 25.5. The zero-order valence-electron chi connectivity index (χ0n) is 33.5. The molecule has 1 saturated carbocycles. The van der Waals surface area contributed by atoms with Crippen LogP contribution < -0.4 is 10.6 Å². The maximum Gasteiger partial charge on any atom is 0.303 e. The van der Waals surface area contributed by atoms with Gasteiger partial charge >= 0.3 is 5.97 Å². The first-order chi connectivity index (χ1) is 27.3. The summed E-state index contributed by atoms with van der Waals surface area (Å²) in [5.74, 6) is -0.711. The molecule has 1 fully saturated rings. The van der Waals surface area contributed by atoms with Crippen LogP contribution in [0.2, 0.25) is 5.02 Å². The Bertz CT molecular complexity index is 2150. The van der Waals surface area contributed by atoms with Gasteiger partial charge < -0.3 is 30.0 Å². The van der Waals surface area contributed by atoms with Crippen LogP contribution in [-0.2, 0) is 44.8 Å². The van der Waals surface area contributed by atoms with Gasteiger partial charge in [-0.2, -0.15) is 0 Å². The molecule has 0 unspecified atom stereocenters. The summed E-state index contributed by atoms with van der Waals surface area (Å²) in [5.41, 5.74) is 7.54. The molecule has 3 aliphatic rings. The number of aliphatic hydroxyl groups excluding tert-OH is 1. The predicted octanol–water partition coefficient (Wildman–Crippen LogP) is 6.59. The van der Waals surface area contributed by atoms with Crippen molar-refractivity contribution in [3.05, 3.63) is 81.4 Å². The molecule has 0 spiro atoms. The summed E-state index contributed by atoms with van der Waals surface area (Å²) in [6, 6.07) is 11.2. The molecular formula is C43H55ClN8O5. The Balaban J connectivity index is 1.02. The molecule has 2 amide bonds. The van der Waals surface area contributed by atoms with Crippen molar-refractivity contribution in [3.8, 4) is 11.1 Å². The highest BCUT2D eigenvalue weighted by molar-refractivity contribution is 6.36. The lowest BCUT2D eigenvalue weighted by molar-refractivity contribution is -0.137. The molecular weight excluding hydrogens is 744 g/mol. The molecule has 2 aromatic heterocycles. The van der Waals surface area contributed by atoms with Crippen molar-refractivity contribution in [2.75, 3.05) is 36.8 Å². The van der Waals surface area contributed by atoms with Gasteiger partial charge in [-0.25, -0.2) is 9.97 Å². The minimum atomic E-state index is -0.718. The number of carboxylic acids is 1. The molecule has 0 bridgehead atoms. The van der Waals surface area contributed by atoms with Crippen molar-refractivity contribution in [2.45, 2.75) is 97.2 Å². The zero-order chi connectivity index (χ0) is 40.4. The standard InChI is InChI=1S/C43H55ClN8O5/c1-27(53)24-52-22-16-36-34(26-52)46-40(50(36)4)42(57)48-32-13-8-11-30(38(32)44)29-10-7-12-31(28(29)2)47-41(56)39-45-33-25-51(21-15-35(33)49(39)3)23-20-43(17-5-6-18-43)19-9-14-37(54)55/h7-8,10-13,27,53H,5-6,9,14-26H2,1-4H3,(H,47,56)(H,48,57)(H,54,55)/t27-/m0/s1. The molecule has 57 heavy (non-hydrogen) atoms. The Morgan fingerprint density at radius 2 is 1.40 bits per heavy atom.